The standard InChI is InChI=1S/C21H19N3O3/c25-19(23-12-14-7-10-22-11-8-14)17-16-6-9-21(27-16)13-24(20(26)18(17)21)15-4-2-1-3-5-15/h1-11,16-18H,12-13H2,(H,23,25)/t16-,17?,18?,21-/m1/s1. The van der Waals surface area contributed by atoms with Crippen molar-refractivity contribution in [3.63, 3.8) is 0 Å². The number of fused-ring (bicyclic) bond motifs is 1. The average Bonchev–Trinajstić information content (AvgIpc) is 3.36. The summed E-state index contributed by atoms with van der Waals surface area (Å²) in [5, 5.41) is 2.96. The monoisotopic (exact) mass is 361 g/mol. The van der Waals surface area contributed by atoms with Gasteiger partial charge >= 0.3 is 0 Å². The molecule has 0 aliphatic carbocycles. The molecule has 6 nitrogen and oxygen atoms in total. The number of nitrogens with zero attached hydrogens (tertiary/aromatic N) is 2. The van der Waals surface area contributed by atoms with Gasteiger partial charge in [-0.15, -0.1) is 0 Å². The van der Waals surface area contributed by atoms with Crippen molar-refractivity contribution in [2.24, 2.45) is 11.8 Å². The van der Waals surface area contributed by atoms with E-state index in [4.69, 9.17) is 4.74 Å². The largest absolute Gasteiger partial charge is 0.360 e. The van der Waals surface area contributed by atoms with Gasteiger partial charge in [0.2, 0.25) is 11.8 Å². The first-order chi connectivity index (χ1) is 13.2. The van der Waals surface area contributed by atoms with E-state index in [0.717, 1.165) is 11.3 Å². The third kappa shape index (κ3) is 2.48. The Kier molecular flexibility index (Phi) is 3.62. The van der Waals surface area contributed by atoms with E-state index in [9.17, 15) is 9.59 Å². The SMILES string of the molecule is O=C(NCc1ccncc1)C1C2C(=O)N(c3ccccc3)C[C@]23C=C[C@H]1O3. The predicted octanol–water partition coefficient (Wildman–Crippen LogP) is 1.68. The lowest BCUT2D eigenvalue weighted by Crippen LogP contribution is -2.43. The summed E-state index contributed by atoms with van der Waals surface area (Å²) in [6.07, 6.45) is 6.94. The lowest BCUT2D eigenvalue weighted by molar-refractivity contribution is -0.132. The lowest BCUT2D eigenvalue weighted by Gasteiger charge is -2.23. The zero-order chi connectivity index (χ0) is 18.4. The second-order valence-electron chi connectivity index (χ2n) is 7.23. The van der Waals surface area contributed by atoms with Crippen LogP contribution in [0.25, 0.3) is 0 Å². The Morgan fingerprint density at radius 1 is 1.22 bits per heavy atom. The van der Waals surface area contributed by atoms with Crippen molar-refractivity contribution >= 4 is 17.5 Å². The van der Waals surface area contributed by atoms with E-state index in [1.807, 2.05) is 54.6 Å². The second-order valence-corrected chi connectivity index (χ2v) is 7.23. The van der Waals surface area contributed by atoms with Crippen LogP contribution in [0.4, 0.5) is 5.69 Å². The smallest absolute Gasteiger partial charge is 0.234 e. The summed E-state index contributed by atoms with van der Waals surface area (Å²) in [5.41, 5.74) is 1.11. The first-order valence-corrected chi connectivity index (χ1v) is 9.08. The minimum Gasteiger partial charge on any atom is -0.360 e. The maximum absolute atomic E-state index is 13.2. The van der Waals surface area contributed by atoms with Gasteiger partial charge in [-0.1, -0.05) is 30.4 Å². The Bertz CT molecular complexity index is 915. The third-order valence-corrected chi connectivity index (χ3v) is 5.69. The quantitative estimate of drug-likeness (QED) is 0.841. The molecule has 1 N–H and O–H groups in total. The summed E-state index contributed by atoms with van der Waals surface area (Å²) in [6.45, 7) is 0.853. The highest BCUT2D eigenvalue weighted by Gasteiger charge is 2.66. The number of benzene rings is 1. The number of pyridine rings is 1. The van der Waals surface area contributed by atoms with Crippen molar-refractivity contribution in [3.05, 3.63) is 72.6 Å². The van der Waals surface area contributed by atoms with Gasteiger partial charge in [0.1, 0.15) is 5.60 Å². The molecule has 3 aliphatic heterocycles. The van der Waals surface area contributed by atoms with Crippen LogP contribution in [-0.4, -0.2) is 35.0 Å². The molecule has 2 aromatic rings. The molecule has 5 rings (SSSR count). The molecule has 2 saturated heterocycles. The highest BCUT2D eigenvalue weighted by molar-refractivity contribution is 6.03. The van der Waals surface area contributed by atoms with Crippen LogP contribution in [0.3, 0.4) is 0 Å². The maximum Gasteiger partial charge on any atom is 0.234 e. The zero-order valence-electron chi connectivity index (χ0n) is 14.6. The highest BCUT2D eigenvalue weighted by Crippen LogP contribution is 2.52. The molecule has 3 aliphatic rings. The molecule has 4 heterocycles. The number of anilines is 1. The van der Waals surface area contributed by atoms with E-state index in [1.54, 1.807) is 17.3 Å². The number of para-hydroxylation sites is 1. The number of amides is 2. The molecule has 2 unspecified atom stereocenters. The molecule has 0 radical (unpaired) electrons. The Labute approximate surface area is 156 Å². The average molecular weight is 361 g/mol. The fourth-order valence-corrected chi connectivity index (χ4v) is 4.43. The molecule has 1 aromatic heterocycles. The van der Waals surface area contributed by atoms with Crippen LogP contribution in [-0.2, 0) is 20.9 Å². The van der Waals surface area contributed by atoms with Crippen molar-refractivity contribution in [2.75, 3.05) is 11.4 Å². The van der Waals surface area contributed by atoms with E-state index < -0.39 is 17.4 Å². The van der Waals surface area contributed by atoms with Crippen LogP contribution in [0.2, 0.25) is 0 Å². The molecule has 1 aromatic carbocycles. The van der Waals surface area contributed by atoms with E-state index >= 15 is 0 Å². The third-order valence-electron chi connectivity index (χ3n) is 5.69. The molecule has 27 heavy (non-hydrogen) atoms. The fourth-order valence-electron chi connectivity index (χ4n) is 4.43. The first-order valence-electron chi connectivity index (χ1n) is 9.08. The first kappa shape index (κ1) is 16.2. The number of hydrogen-bond acceptors (Lipinski definition) is 4. The van der Waals surface area contributed by atoms with Gasteiger partial charge in [-0.05, 0) is 29.8 Å². The normalized spacial score (nSPS) is 30.6. The van der Waals surface area contributed by atoms with Gasteiger partial charge < -0.3 is 15.0 Å². The van der Waals surface area contributed by atoms with E-state index in [0.29, 0.717) is 13.1 Å². The van der Waals surface area contributed by atoms with Gasteiger partial charge in [-0.25, -0.2) is 0 Å². The molecular formula is C21H19N3O3. The number of aromatic nitrogens is 1. The zero-order valence-corrected chi connectivity index (χ0v) is 14.6. The van der Waals surface area contributed by atoms with Crippen molar-refractivity contribution in [3.8, 4) is 0 Å². The topological polar surface area (TPSA) is 71.5 Å². The summed E-state index contributed by atoms with van der Waals surface area (Å²) < 4.78 is 6.15. The van der Waals surface area contributed by atoms with Crippen LogP contribution < -0.4 is 10.2 Å². The van der Waals surface area contributed by atoms with Crippen molar-refractivity contribution in [1.29, 1.82) is 0 Å². The molecule has 4 atom stereocenters. The molecule has 2 fully saturated rings. The summed E-state index contributed by atoms with van der Waals surface area (Å²) in [5.74, 6) is -1.17. The molecule has 2 amide bonds. The van der Waals surface area contributed by atoms with Crippen molar-refractivity contribution < 1.29 is 14.3 Å². The second kappa shape index (κ2) is 6.03. The number of rotatable bonds is 4. The van der Waals surface area contributed by atoms with E-state index in [1.165, 1.54) is 0 Å². The number of ether oxygens (including phenoxy) is 1. The van der Waals surface area contributed by atoms with Gasteiger partial charge in [0, 0.05) is 24.6 Å². The fraction of sp³-hybridized carbons (Fsp3) is 0.286. The Balaban J connectivity index is 1.38. The van der Waals surface area contributed by atoms with Crippen LogP contribution in [0.5, 0.6) is 0 Å². The highest BCUT2D eigenvalue weighted by atomic mass is 16.5. The van der Waals surface area contributed by atoms with Gasteiger partial charge in [-0.2, -0.15) is 0 Å². The maximum atomic E-state index is 13.2. The molecular weight excluding hydrogens is 342 g/mol. The Hall–Kier alpha value is -2.99. The number of hydrogen-bond donors (Lipinski definition) is 1. The van der Waals surface area contributed by atoms with Crippen LogP contribution in [0, 0.1) is 11.8 Å². The Morgan fingerprint density at radius 3 is 2.78 bits per heavy atom. The number of nitrogens with one attached hydrogen (secondary N) is 1. The molecule has 6 heteroatoms. The van der Waals surface area contributed by atoms with E-state index in [2.05, 4.69) is 10.3 Å². The molecule has 0 saturated carbocycles. The van der Waals surface area contributed by atoms with Crippen molar-refractivity contribution in [1.82, 2.24) is 10.3 Å². The Morgan fingerprint density at radius 2 is 2.00 bits per heavy atom. The predicted molar refractivity (Wildman–Crippen MR) is 98.6 cm³/mol. The van der Waals surface area contributed by atoms with Gasteiger partial charge in [0.05, 0.1) is 24.5 Å². The molecule has 1 spiro atoms. The summed E-state index contributed by atoms with van der Waals surface area (Å²) in [6, 6.07) is 13.3. The van der Waals surface area contributed by atoms with Gasteiger partial charge in [-0.3, -0.25) is 14.6 Å². The van der Waals surface area contributed by atoms with Gasteiger partial charge in [0.25, 0.3) is 0 Å². The molecule has 136 valence electrons. The van der Waals surface area contributed by atoms with E-state index in [-0.39, 0.29) is 17.9 Å². The minimum atomic E-state index is -0.698. The minimum absolute atomic E-state index is 0.0443. The van der Waals surface area contributed by atoms with Crippen LogP contribution in [0.15, 0.2) is 67.0 Å². The number of carbonyl (C=O) groups excluding carboxylic acids is 2. The van der Waals surface area contributed by atoms with Gasteiger partial charge in [0.15, 0.2) is 0 Å². The van der Waals surface area contributed by atoms with Crippen molar-refractivity contribution in [2.45, 2.75) is 18.2 Å². The van der Waals surface area contributed by atoms with Crippen LogP contribution >= 0.6 is 0 Å². The summed E-state index contributed by atoms with van der Waals surface area (Å²) in [7, 11) is 0. The molecule has 2 bridgehead atoms. The number of carbonyl (C=O) groups is 2. The summed E-state index contributed by atoms with van der Waals surface area (Å²) in [4.78, 5) is 31.8. The lowest BCUT2D eigenvalue weighted by atomic mass is 9.77. The summed E-state index contributed by atoms with van der Waals surface area (Å²) >= 11 is 0. The van der Waals surface area contributed by atoms with Crippen LogP contribution in [0.1, 0.15) is 5.56 Å².